The van der Waals surface area contributed by atoms with E-state index in [4.69, 9.17) is 16.0 Å². The molecule has 2 heterocycles. The SMILES string of the molecule is Cc1nnc(-c2csc(S(=O)(=O)Nc3ccc(F)c(Cl)c3)c2)o1. The van der Waals surface area contributed by atoms with Crippen LogP contribution in [0.1, 0.15) is 5.89 Å². The van der Waals surface area contributed by atoms with Gasteiger partial charge in [0.1, 0.15) is 10.0 Å². The van der Waals surface area contributed by atoms with Crippen molar-refractivity contribution in [2.75, 3.05) is 4.72 Å². The van der Waals surface area contributed by atoms with E-state index in [1.165, 1.54) is 18.2 Å². The maximum Gasteiger partial charge on any atom is 0.271 e. The number of nitrogens with one attached hydrogen (secondary N) is 1. The summed E-state index contributed by atoms with van der Waals surface area (Å²) in [5.41, 5.74) is 0.674. The quantitative estimate of drug-likeness (QED) is 0.753. The molecular weight excluding hydrogens is 365 g/mol. The zero-order valence-corrected chi connectivity index (χ0v) is 14.0. The Kier molecular flexibility index (Phi) is 4.09. The largest absolute Gasteiger partial charge is 0.421 e. The van der Waals surface area contributed by atoms with Crippen molar-refractivity contribution in [3.8, 4) is 11.5 Å². The van der Waals surface area contributed by atoms with Crippen LogP contribution in [0, 0.1) is 12.7 Å². The van der Waals surface area contributed by atoms with Crippen LogP contribution in [0.3, 0.4) is 0 Å². The molecule has 0 bridgehead atoms. The Morgan fingerprint density at radius 3 is 2.74 bits per heavy atom. The molecule has 1 N–H and O–H groups in total. The van der Waals surface area contributed by atoms with Crippen molar-refractivity contribution in [2.24, 2.45) is 0 Å². The molecule has 0 aliphatic rings. The maximum atomic E-state index is 13.1. The first-order valence-corrected chi connectivity index (χ1v) is 8.96. The van der Waals surface area contributed by atoms with E-state index < -0.39 is 15.8 Å². The molecule has 10 heteroatoms. The summed E-state index contributed by atoms with van der Waals surface area (Å²) in [5, 5.41) is 8.95. The van der Waals surface area contributed by atoms with E-state index in [0.717, 1.165) is 17.4 Å². The van der Waals surface area contributed by atoms with Crippen LogP contribution in [0.15, 0.2) is 38.3 Å². The highest BCUT2D eigenvalue weighted by Gasteiger charge is 2.19. The van der Waals surface area contributed by atoms with E-state index in [9.17, 15) is 12.8 Å². The number of hydrogen-bond donors (Lipinski definition) is 1. The molecule has 3 rings (SSSR count). The van der Waals surface area contributed by atoms with E-state index >= 15 is 0 Å². The highest BCUT2D eigenvalue weighted by atomic mass is 35.5. The molecule has 0 saturated heterocycles. The summed E-state index contributed by atoms with van der Waals surface area (Å²) in [7, 11) is -3.83. The average molecular weight is 374 g/mol. The number of thiophene rings is 1. The molecule has 3 aromatic rings. The number of hydrogen-bond acceptors (Lipinski definition) is 6. The zero-order valence-electron chi connectivity index (χ0n) is 11.6. The number of benzene rings is 1. The third-order valence-corrected chi connectivity index (χ3v) is 5.90. The Hall–Kier alpha value is -1.97. The van der Waals surface area contributed by atoms with Crippen LogP contribution < -0.4 is 4.72 Å². The lowest BCUT2D eigenvalue weighted by Crippen LogP contribution is -2.11. The third-order valence-electron chi connectivity index (χ3n) is 2.79. The normalized spacial score (nSPS) is 11.6. The van der Waals surface area contributed by atoms with Crippen LogP contribution in [0.4, 0.5) is 10.1 Å². The second-order valence-electron chi connectivity index (χ2n) is 4.52. The van der Waals surface area contributed by atoms with Gasteiger partial charge in [-0.15, -0.1) is 21.5 Å². The van der Waals surface area contributed by atoms with Gasteiger partial charge in [0.25, 0.3) is 10.0 Å². The number of halogens is 2. The van der Waals surface area contributed by atoms with Gasteiger partial charge in [-0.05, 0) is 24.3 Å². The fraction of sp³-hybridized carbons (Fsp3) is 0.0769. The highest BCUT2D eigenvalue weighted by molar-refractivity contribution is 7.94. The van der Waals surface area contributed by atoms with E-state index in [2.05, 4.69) is 14.9 Å². The van der Waals surface area contributed by atoms with E-state index in [0.29, 0.717) is 11.5 Å². The lowest BCUT2D eigenvalue weighted by molar-refractivity contribution is 0.533. The van der Waals surface area contributed by atoms with Crippen LogP contribution in [0.5, 0.6) is 0 Å². The summed E-state index contributed by atoms with van der Waals surface area (Å²) in [4.78, 5) is 0. The second-order valence-corrected chi connectivity index (χ2v) is 7.74. The molecule has 0 radical (unpaired) electrons. The Bertz CT molecular complexity index is 969. The summed E-state index contributed by atoms with van der Waals surface area (Å²) in [5.74, 6) is -0.000462. The van der Waals surface area contributed by atoms with E-state index in [-0.39, 0.29) is 20.8 Å². The number of rotatable bonds is 4. The first-order valence-electron chi connectivity index (χ1n) is 6.22. The average Bonchev–Trinajstić information content (AvgIpc) is 3.11. The van der Waals surface area contributed by atoms with Gasteiger partial charge in [0.2, 0.25) is 11.8 Å². The first-order chi connectivity index (χ1) is 10.8. The number of sulfonamides is 1. The molecule has 0 aliphatic heterocycles. The predicted molar refractivity (Wildman–Crippen MR) is 84.6 cm³/mol. The molecule has 2 aromatic heterocycles. The monoisotopic (exact) mass is 373 g/mol. The van der Waals surface area contributed by atoms with Crippen LogP contribution in [0.25, 0.3) is 11.5 Å². The standard InChI is InChI=1S/C13H9ClFN3O3S2/c1-7-16-17-13(21-7)8-4-12(22-6-8)23(19,20)18-9-2-3-11(15)10(14)5-9/h2-6,18H,1H3. The Morgan fingerprint density at radius 2 is 2.09 bits per heavy atom. The molecule has 0 fully saturated rings. The van der Waals surface area contributed by atoms with Crippen molar-refractivity contribution in [3.05, 3.63) is 46.4 Å². The van der Waals surface area contributed by atoms with Crippen molar-refractivity contribution >= 4 is 38.6 Å². The molecule has 0 saturated carbocycles. The molecule has 0 aliphatic carbocycles. The fourth-order valence-corrected chi connectivity index (χ4v) is 4.13. The predicted octanol–water partition coefficient (Wildman–Crippen LogP) is 3.70. The van der Waals surface area contributed by atoms with Crippen molar-refractivity contribution < 1.29 is 17.2 Å². The minimum atomic E-state index is -3.83. The molecule has 0 atom stereocenters. The third kappa shape index (κ3) is 3.36. The second kappa shape index (κ2) is 5.91. The fourth-order valence-electron chi connectivity index (χ4n) is 1.75. The summed E-state index contributed by atoms with van der Waals surface area (Å²) in [6, 6.07) is 4.99. The lowest BCUT2D eigenvalue weighted by Gasteiger charge is -2.06. The molecule has 0 unspecified atom stereocenters. The number of nitrogens with zero attached hydrogens (tertiary/aromatic N) is 2. The zero-order chi connectivity index (χ0) is 16.6. The smallest absolute Gasteiger partial charge is 0.271 e. The topological polar surface area (TPSA) is 85.1 Å². The number of aromatic nitrogens is 2. The van der Waals surface area contributed by atoms with Gasteiger partial charge in [-0.25, -0.2) is 12.8 Å². The van der Waals surface area contributed by atoms with Crippen LogP contribution in [0.2, 0.25) is 5.02 Å². The molecule has 6 nitrogen and oxygen atoms in total. The molecule has 23 heavy (non-hydrogen) atoms. The van der Waals surface area contributed by atoms with Crippen molar-refractivity contribution in [1.29, 1.82) is 0 Å². The van der Waals surface area contributed by atoms with Crippen molar-refractivity contribution in [3.63, 3.8) is 0 Å². The molecule has 120 valence electrons. The number of anilines is 1. The van der Waals surface area contributed by atoms with Gasteiger partial charge in [0.15, 0.2) is 0 Å². The first kappa shape index (κ1) is 15.9. The number of aryl methyl sites for hydroxylation is 1. The summed E-state index contributed by atoms with van der Waals surface area (Å²) in [6.45, 7) is 1.64. The molecule has 0 spiro atoms. The van der Waals surface area contributed by atoms with Crippen molar-refractivity contribution in [2.45, 2.75) is 11.1 Å². The molecular formula is C13H9ClFN3O3S2. The minimum absolute atomic E-state index is 0.0591. The molecule has 1 aromatic carbocycles. The summed E-state index contributed by atoms with van der Waals surface area (Å²) >= 11 is 6.64. The lowest BCUT2D eigenvalue weighted by atomic mass is 10.3. The van der Waals surface area contributed by atoms with Crippen LogP contribution >= 0.6 is 22.9 Å². The van der Waals surface area contributed by atoms with E-state index in [1.807, 2.05) is 0 Å². The van der Waals surface area contributed by atoms with Crippen LogP contribution in [-0.4, -0.2) is 18.6 Å². The Balaban J connectivity index is 1.88. The summed E-state index contributed by atoms with van der Waals surface area (Å²) in [6.07, 6.45) is 0. The van der Waals surface area contributed by atoms with Crippen molar-refractivity contribution in [1.82, 2.24) is 10.2 Å². The van der Waals surface area contributed by atoms with Gasteiger partial charge in [-0.2, -0.15) is 0 Å². The van der Waals surface area contributed by atoms with Gasteiger partial charge in [0, 0.05) is 12.3 Å². The Morgan fingerprint density at radius 1 is 1.30 bits per heavy atom. The van der Waals surface area contributed by atoms with E-state index in [1.54, 1.807) is 12.3 Å². The van der Waals surface area contributed by atoms with Gasteiger partial charge in [0.05, 0.1) is 16.3 Å². The summed E-state index contributed by atoms with van der Waals surface area (Å²) < 4.78 is 45.5. The Labute approximate surface area is 140 Å². The van der Waals surface area contributed by atoms with Crippen LogP contribution in [-0.2, 0) is 10.0 Å². The van der Waals surface area contributed by atoms with Gasteiger partial charge < -0.3 is 4.42 Å². The van der Waals surface area contributed by atoms with Gasteiger partial charge >= 0.3 is 0 Å². The van der Waals surface area contributed by atoms with Gasteiger partial charge in [-0.1, -0.05) is 11.6 Å². The van der Waals surface area contributed by atoms with Gasteiger partial charge in [-0.3, -0.25) is 4.72 Å². The molecule has 0 amide bonds. The highest BCUT2D eigenvalue weighted by Crippen LogP contribution is 2.29. The maximum absolute atomic E-state index is 13.1. The minimum Gasteiger partial charge on any atom is -0.421 e.